The Bertz CT molecular complexity index is 648. The molecule has 7 heteroatoms. The van der Waals surface area contributed by atoms with Gasteiger partial charge in [-0.25, -0.2) is 4.98 Å². The number of carbonyl (C=O) groups is 1. The molecule has 1 saturated heterocycles. The van der Waals surface area contributed by atoms with Crippen LogP contribution in [-0.4, -0.2) is 44.1 Å². The number of rotatable bonds is 2. The molecule has 1 aliphatic rings. The maximum absolute atomic E-state index is 12.4. The Morgan fingerprint density at radius 2 is 2.14 bits per heavy atom. The highest BCUT2D eigenvalue weighted by Crippen LogP contribution is 2.26. The van der Waals surface area contributed by atoms with E-state index in [9.17, 15) is 4.79 Å². The fraction of sp³-hybridized carbons (Fsp3) is 0.429. The van der Waals surface area contributed by atoms with E-state index in [1.807, 2.05) is 11.8 Å². The number of pyridine rings is 1. The van der Waals surface area contributed by atoms with Gasteiger partial charge in [-0.3, -0.25) is 14.9 Å². The molecular weight excluding hydrogens is 334 g/mol. The number of aromatic nitrogens is 4. The van der Waals surface area contributed by atoms with Gasteiger partial charge in [-0.05, 0) is 41.8 Å². The summed E-state index contributed by atoms with van der Waals surface area (Å²) in [6.07, 6.45) is 5.07. The average Bonchev–Trinajstić information content (AvgIpc) is 2.93. The molecule has 1 N–H and O–H groups in total. The fourth-order valence-corrected chi connectivity index (χ4v) is 2.96. The zero-order valence-corrected chi connectivity index (χ0v) is 13.3. The van der Waals surface area contributed by atoms with Crippen LogP contribution < -0.4 is 0 Å². The second kappa shape index (κ2) is 5.93. The summed E-state index contributed by atoms with van der Waals surface area (Å²) in [6.45, 7) is 3.35. The van der Waals surface area contributed by atoms with E-state index < -0.39 is 0 Å². The normalized spacial score (nSPS) is 16.2. The molecule has 110 valence electrons. The minimum atomic E-state index is 0.0356. The molecule has 1 fully saturated rings. The van der Waals surface area contributed by atoms with E-state index >= 15 is 0 Å². The van der Waals surface area contributed by atoms with Gasteiger partial charge in [-0.2, -0.15) is 5.10 Å². The van der Waals surface area contributed by atoms with Crippen LogP contribution in [0.4, 0.5) is 0 Å². The van der Waals surface area contributed by atoms with Crippen molar-refractivity contribution in [2.45, 2.75) is 25.7 Å². The van der Waals surface area contributed by atoms with Crippen LogP contribution >= 0.6 is 15.9 Å². The second-order valence-electron chi connectivity index (χ2n) is 5.24. The van der Waals surface area contributed by atoms with Crippen molar-refractivity contribution in [1.29, 1.82) is 0 Å². The Kier molecular flexibility index (Phi) is 4.01. The van der Waals surface area contributed by atoms with Crippen LogP contribution in [0.3, 0.4) is 0 Å². The van der Waals surface area contributed by atoms with Crippen molar-refractivity contribution in [3.63, 3.8) is 0 Å². The number of amides is 1. The Morgan fingerprint density at radius 1 is 1.38 bits per heavy atom. The van der Waals surface area contributed by atoms with Gasteiger partial charge in [0.1, 0.15) is 5.82 Å². The molecule has 3 heterocycles. The molecule has 0 aliphatic carbocycles. The summed E-state index contributed by atoms with van der Waals surface area (Å²) in [5.74, 6) is 2.07. The maximum atomic E-state index is 12.4. The SMILES string of the molecule is Cc1nc(C2CCN(C(=O)c3cncc(Br)c3)CC2)n[nH]1. The van der Waals surface area contributed by atoms with Gasteiger partial charge < -0.3 is 4.90 Å². The Balaban J connectivity index is 1.64. The lowest BCUT2D eigenvalue weighted by Crippen LogP contribution is -2.38. The predicted octanol–water partition coefficient (Wildman–Crippen LogP) is 2.29. The number of hydrogen-bond donors (Lipinski definition) is 1. The number of H-pyrrole nitrogens is 1. The Morgan fingerprint density at radius 3 is 2.76 bits per heavy atom. The van der Waals surface area contributed by atoms with Crippen LogP contribution in [0, 0.1) is 6.92 Å². The van der Waals surface area contributed by atoms with Crippen LogP contribution in [0.1, 0.15) is 40.8 Å². The number of halogens is 1. The molecule has 0 atom stereocenters. The number of likely N-dealkylation sites (tertiary alicyclic amines) is 1. The molecule has 0 aromatic carbocycles. The zero-order valence-electron chi connectivity index (χ0n) is 11.7. The van der Waals surface area contributed by atoms with Crippen LogP contribution in [0.25, 0.3) is 0 Å². The molecule has 1 aliphatic heterocycles. The molecule has 0 spiro atoms. The monoisotopic (exact) mass is 349 g/mol. The van der Waals surface area contributed by atoms with Gasteiger partial charge >= 0.3 is 0 Å². The van der Waals surface area contributed by atoms with Crippen molar-refractivity contribution in [1.82, 2.24) is 25.1 Å². The smallest absolute Gasteiger partial charge is 0.255 e. The molecule has 21 heavy (non-hydrogen) atoms. The van der Waals surface area contributed by atoms with Crippen molar-refractivity contribution in [2.75, 3.05) is 13.1 Å². The molecular formula is C14H16BrN5O. The molecule has 3 rings (SSSR count). The van der Waals surface area contributed by atoms with Crippen molar-refractivity contribution in [2.24, 2.45) is 0 Å². The van der Waals surface area contributed by atoms with Crippen molar-refractivity contribution >= 4 is 21.8 Å². The van der Waals surface area contributed by atoms with Crippen LogP contribution in [0.2, 0.25) is 0 Å². The molecule has 0 radical (unpaired) electrons. The quantitative estimate of drug-likeness (QED) is 0.902. The third-order valence-electron chi connectivity index (χ3n) is 3.71. The van der Waals surface area contributed by atoms with Crippen molar-refractivity contribution in [3.8, 4) is 0 Å². The standard InChI is InChI=1S/C14H16BrN5O/c1-9-17-13(19-18-9)10-2-4-20(5-3-10)14(21)11-6-12(15)8-16-7-11/h6-8,10H,2-5H2,1H3,(H,17,18,19). The molecule has 0 saturated carbocycles. The molecule has 6 nitrogen and oxygen atoms in total. The Hall–Kier alpha value is -1.76. The zero-order chi connectivity index (χ0) is 14.8. The highest BCUT2D eigenvalue weighted by Gasteiger charge is 2.26. The van der Waals surface area contributed by atoms with Gasteiger partial charge in [0.05, 0.1) is 5.56 Å². The van der Waals surface area contributed by atoms with Crippen LogP contribution in [0.15, 0.2) is 22.9 Å². The lowest BCUT2D eigenvalue weighted by molar-refractivity contribution is 0.0710. The highest BCUT2D eigenvalue weighted by molar-refractivity contribution is 9.10. The number of nitrogens with zero attached hydrogens (tertiary/aromatic N) is 4. The molecule has 1 amide bonds. The minimum Gasteiger partial charge on any atom is -0.339 e. The van der Waals surface area contributed by atoms with Gasteiger partial charge in [0.2, 0.25) is 0 Å². The maximum Gasteiger partial charge on any atom is 0.255 e. The summed E-state index contributed by atoms with van der Waals surface area (Å²) in [4.78, 5) is 22.7. The largest absolute Gasteiger partial charge is 0.339 e. The summed E-state index contributed by atoms with van der Waals surface area (Å²) in [7, 11) is 0. The number of piperidine rings is 1. The fourth-order valence-electron chi connectivity index (χ4n) is 2.59. The van der Waals surface area contributed by atoms with Gasteiger partial charge in [0.15, 0.2) is 5.82 Å². The van der Waals surface area contributed by atoms with E-state index in [4.69, 9.17) is 0 Å². The first-order chi connectivity index (χ1) is 10.1. The number of aryl methyl sites for hydroxylation is 1. The van der Waals surface area contributed by atoms with Gasteiger partial charge in [-0.1, -0.05) is 0 Å². The summed E-state index contributed by atoms with van der Waals surface area (Å²) < 4.78 is 0.819. The first-order valence-corrected chi connectivity index (χ1v) is 7.71. The lowest BCUT2D eigenvalue weighted by Gasteiger charge is -2.30. The minimum absolute atomic E-state index is 0.0356. The van der Waals surface area contributed by atoms with Gasteiger partial charge in [0, 0.05) is 35.9 Å². The highest BCUT2D eigenvalue weighted by atomic mass is 79.9. The van der Waals surface area contributed by atoms with Gasteiger partial charge in [0.25, 0.3) is 5.91 Å². The van der Waals surface area contributed by atoms with Crippen molar-refractivity contribution < 1.29 is 4.79 Å². The van der Waals surface area contributed by atoms with Crippen LogP contribution in [0.5, 0.6) is 0 Å². The third-order valence-corrected chi connectivity index (χ3v) is 4.15. The molecule has 2 aromatic rings. The average molecular weight is 350 g/mol. The van der Waals surface area contributed by atoms with E-state index in [1.54, 1.807) is 18.5 Å². The van der Waals surface area contributed by atoms with Crippen molar-refractivity contribution in [3.05, 3.63) is 40.1 Å². The molecule has 0 bridgehead atoms. The second-order valence-corrected chi connectivity index (χ2v) is 6.15. The topological polar surface area (TPSA) is 74.8 Å². The predicted molar refractivity (Wildman–Crippen MR) is 80.9 cm³/mol. The van der Waals surface area contributed by atoms with E-state index in [2.05, 4.69) is 36.1 Å². The van der Waals surface area contributed by atoms with E-state index in [1.165, 1.54) is 0 Å². The van der Waals surface area contributed by atoms with E-state index in [0.29, 0.717) is 11.5 Å². The molecule has 0 unspecified atom stereocenters. The first-order valence-electron chi connectivity index (χ1n) is 6.92. The summed E-state index contributed by atoms with van der Waals surface area (Å²) in [5.41, 5.74) is 0.622. The van der Waals surface area contributed by atoms with Gasteiger partial charge in [-0.15, -0.1) is 0 Å². The third kappa shape index (κ3) is 3.12. The van der Waals surface area contributed by atoms with E-state index in [0.717, 1.165) is 42.1 Å². The number of hydrogen-bond acceptors (Lipinski definition) is 4. The number of aromatic amines is 1. The number of nitrogens with one attached hydrogen (secondary N) is 1. The summed E-state index contributed by atoms with van der Waals surface area (Å²) in [5, 5.41) is 7.10. The summed E-state index contributed by atoms with van der Waals surface area (Å²) >= 11 is 3.34. The summed E-state index contributed by atoms with van der Waals surface area (Å²) in [6, 6.07) is 1.81. The van der Waals surface area contributed by atoms with Crippen LogP contribution in [-0.2, 0) is 0 Å². The first kappa shape index (κ1) is 14.2. The molecule has 2 aromatic heterocycles. The Labute approximate surface area is 131 Å². The lowest BCUT2D eigenvalue weighted by atomic mass is 9.96. The van der Waals surface area contributed by atoms with E-state index in [-0.39, 0.29) is 5.91 Å². The number of carbonyl (C=O) groups excluding carboxylic acids is 1.